The van der Waals surface area contributed by atoms with Crippen LogP contribution in [0.1, 0.15) is 25.0 Å². The van der Waals surface area contributed by atoms with E-state index in [1.807, 2.05) is 0 Å². The largest absolute Gasteiger partial charge is 0.357 e. The van der Waals surface area contributed by atoms with E-state index in [-0.39, 0.29) is 0 Å². The van der Waals surface area contributed by atoms with E-state index >= 15 is 0 Å². The zero-order chi connectivity index (χ0) is 13.2. The smallest absolute Gasteiger partial charge is 0.146 e. The van der Waals surface area contributed by atoms with Crippen molar-refractivity contribution in [1.82, 2.24) is 14.9 Å². The van der Waals surface area contributed by atoms with Crippen LogP contribution in [0.4, 0.5) is 5.82 Å². The van der Waals surface area contributed by atoms with E-state index in [4.69, 9.17) is 11.6 Å². The molecule has 0 aromatic carbocycles. The number of rotatable bonds is 5. The summed E-state index contributed by atoms with van der Waals surface area (Å²) in [6, 6.07) is 0. The molecule has 0 radical (unpaired) electrons. The van der Waals surface area contributed by atoms with Gasteiger partial charge in [-0.3, -0.25) is 4.98 Å². The van der Waals surface area contributed by atoms with Gasteiger partial charge in [0.15, 0.2) is 0 Å². The van der Waals surface area contributed by atoms with Crippen molar-refractivity contribution in [1.29, 1.82) is 0 Å². The summed E-state index contributed by atoms with van der Waals surface area (Å²) in [6.07, 6.45) is 7.40. The van der Waals surface area contributed by atoms with Crippen LogP contribution in [0.3, 0.4) is 0 Å². The standard InChI is InChI=1S/C13H21ClN4/c1-17(2)13(5-4-6-13)10-18(3)12-9-15-11(7-14)8-16-12/h8-9H,4-7,10H2,1-3H3. The van der Waals surface area contributed by atoms with Gasteiger partial charge in [-0.1, -0.05) is 0 Å². The lowest BCUT2D eigenvalue weighted by Gasteiger charge is -2.49. The molecule has 5 heteroatoms. The average molecular weight is 269 g/mol. The third-order valence-electron chi connectivity index (χ3n) is 3.98. The molecule has 0 amide bonds. The first-order valence-corrected chi connectivity index (χ1v) is 6.86. The van der Waals surface area contributed by atoms with Crippen LogP contribution in [0.5, 0.6) is 0 Å². The van der Waals surface area contributed by atoms with Crippen molar-refractivity contribution in [2.45, 2.75) is 30.7 Å². The number of hydrogen-bond donors (Lipinski definition) is 0. The quantitative estimate of drug-likeness (QED) is 0.766. The Morgan fingerprint density at radius 1 is 1.22 bits per heavy atom. The zero-order valence-corrected chi connectivity index (χ0v) is 12.1. The number of anilines is 1. The van der Waals surface area contributed by atoms with Gasteiger partial charge in [0, 0.05) is 19.1 Å². The summed E-state index contributed by atoms with van der Waals surface area (Å²) >= 11 is 5.72. The number of nitrogens with zero attached hydrogens (tertiary/aromatic N) is 4. The minimum atomic E-state index is 0.307. The topological polar surface area (TPSA) is 32.3 Å². The van der Waals surface area contributed by atoms with Crippen LogP contribution in [-0.2, 0) is 5.88 Å². The summed E-state index contributed by atoms with van der Waals surface area (Å²) < 4.78 is 0. The van der Waals surface area contributed by atoms with Crippen molar-refractivity contribution in [3.63, 3.8) is 0 Å². The van der Waals surface area contributed by atoms with Crippen molar-refractivity contribution in [3.8, 4) is 0 Å². The van der Waals surface area contributed by atoms with Crippen LogP contribution < -0.4 is 4.90 Å². The molecule has 18 heavy (non-hydrogen) atoms. The summed E-state index contributed by atoms with van der Waals surface area (Å²) in [5.41, 5.74) is 1.13. The van der Waals surface area contributed by atoms with E-state index in [1.54, 1.807) is 12.4 Å². The number of aromatic nitrogens is 2. The maximum Gasteiger partial charge on any atom is 0.146 e. The number of hydrogen-bond acceptors (Lipinski definition) is 4. The Kier molecular flexibility index (Phi) is 4.07. The first-order valence-electron chi connectivity index (χ1n) is 6.33. The van der Waals surface area contributed by atoms with Crippen LogP contribution in [-0.4, -0.2) is 48.1 Å². The highest BCUT2D eigenvalue weighted by Gasteiger charge is 2.40. The molecule has 100 valence electrons. The van der Waals surface area contributed by atoms with Crippen LogP contribution in [0.2, 0.25) is 0 Å². The summed E-state index contributed by atoms with van der Waals surface area (Å²) in [4.78, 5) is 13.2. The molecule has 0 aliphatic heterocycles. The zero-order valence-electron chi connectivity index (χ0n) is 11.4. The van der Waals surface area contributed by atoms with Crippen molar-refractivity contribution < 1.29 is 0 Å². The minimum absolute atomic E-state index is 0.307. The Hall–Kier alpha value is -0.870. The molecule has 0 atom stereocenters. The second-order valence-electron chi connectivity index (χ2n) is 5.33. The van der Waals surface area contributed by atoms with Crippen LogP contribution in [0.15, 0.2) is 12.4 Å². The normalized spacial score (nSPS) is 17.6. The molecular formula is C13H21ClN4. The molecule has 0 spiro atoms. The van der Waals surface area contributed by atoms with Gasteiger partial charge in [0.05, 0.1) is 24.0 Å². The maximum atomic E-state index is 5.72. The third kappa shape index (κ3) is 2.59. The van der Waals surface area contributed by atoms with Gasteiger partial charge in [-0.25, -0.2) is 4.98 Å². The molecule has 2 rings (SSSR count). The number of halogens is 1. The van der Waals surface area contributed by atoms with Crippen molar-refractivity contribution >= 4 is 17.4 Å². The van der Waals surface area contributed by atoms with Crippen molar-refractivity contribution in [2.75, 3.05) is 32.6 Å². The fourth-order valence-corrected chi connectivity index (χ4v) is 2.61. The van der Waals surface area contributed by atoms with Gasteiger partial charge in [0.25, 0.3) is 0 Å². The fraction of sp³-hybridized carbons (Fsp3) is 0.692. The lowest BCUT2D eigenvalue weighted by molar-refractivity contribution is 0.0681. The summed E-state index contributed by atoms with van der Waals surface area (Å²) in [7, 11) is 6.40. The highest BCUT2D eigenvalue weighted by molar-refractivity contribution is 6.16. The second kappa shape index (κ2) is 5.41. The van der Waals surface area contributed by atoms with Gasteiger partial charge in [-0.2, -0.15) is 0 Å². The molecule has 1 fully saturated rings. The summed E-state index contributed by atoms with van der Waals surface area (Å²) in [6.45, 7) is 0.995. The van der Waals surface area contributed by atoms with Crippen molar-refractivity contribution in [3.05, 3.63) is 18.1 Å². The monoisotopic (exact) mass is 268 g/mol. The van der Waals surface area contributed by atoms with Gasteiger partial charge in [0.2, 0.25) is 0 Å². The van der Waals surface area contributed by atoms with E-state index in [2.05, 4.69) is 40.9 Å². The highest BCUT2D eigenvalue weighted by Crippen LogP contribution is 2.37. The van der Waals surface area contributed by atoms with E-state index in [0.29, 0.717) is 11.4 Å². The Bertz CT molecular complexity index is 386. The minimum Gasteiger partial charge on any atom is -0.357 e. The van der Waals surface area contributed by atoms with Gasteiger partial charge in [0.1, 0.15) is 5.82 Å². The molecule has 1 heterocycles. The van der Waals surface area contributed by atoms with Crippen LogP contribution in [0.25, 0.3) is 0 Å². The van der Waals surface area contributed by atoms with Crippen LogP contribution >= 0.6 is 11.6 Å². The maximum absolute atomic E-state index is 5.72. The van der Waals surface area contributed by atoms with Crippen molar-refractivity contribution in [2.24, 2.45) is 0 Å². The molecular weight excluding hydrogens is 248 g/mol. The third-order valence-corrected chi connectivity index (χ3v) is 4.26. The molecule has 0 N–H and O–H groups in total. The number of alkyl halides is 1. The van der Waals surface area contributed by atoms with Crippen LogP contribution in [0, 0.1) is 0 Å². The van der Waals surface area contributed by atoms with E-state index in [1.165, 1.54) is 19.3 Å². The first kappa shape index (κ1) is 13.6. The molecule has 1 aliphatic rings. The Labute approximate surface area is 114 Å². The van der Waals surface area contributed by atoms with E-state index < -0.39 is 0 Å². The van der Waals surface area contributed by atoms with Gasteiger partial charge < -0.3 is 9.80 Å². The predicted molar refractivity (Wildman–Crippen MR) is 75.1 cm³/mol. The second-order valence-corrected chi connectivity index (χ2v) is 5.60. The molecule has 0 bridgehead atoms. The Balaban J connectivity index is 2.04. The van der Waals surface area contributed by atoms with E-state index in [9.17, 15) is 0 Å². The summed E-state index contributed by atoms with van der Waals surface area (Å²) in [5.74, 6) is 1.33. The molecule has 1 aromatic heterocycles. The first-order chi connectivity index (χ1) is 8.57. The lowest BCUT2D eigenvalue weighted by atomic mass is 9.75. The molecule has 0 unspecified atom stereocenters. The Morgan fingerprint density at radius 3 is 2.33 bits per heavy atom. The molecule has 0 saturated heterocycles. The highest BCUT2D eigenvalue weighted by atomic mass is 35.5. The molecule has 1 aliphatic carbocycles. The molecule has 1 aromatic rings. The van der Waals surface area contributed by atoms with Gasteiger partial charge in [-0.15, -0.1) is 11.6 Å². The SMILES string of the molecule is CN(CC1(N(C)C)CCC1)c1cnc(CCl)cn1. The summed E-state index contributed by atoms with van der Waals surface area (Å²) in [5, 5.41) is 0. The molecule has 1 saturated carbocycles. The Morgan fingerprint density at radius 2 is 1.94 bits per heavy atom. The van der Waals surface area contributed by atoms with Gasteiger partial charge in [-0.05, 0) is 33.4 Å². The fourth-order valence-electron chi connectivity index (χ4n) is 2.47. The average Bonchev–Trinajstić information content (AvgIpc) is 2.33. The van der Waals surface area contributed by atoms with Gasteiger partial charge >= 0.3 is 0 Å². The predicted octanol–water partition coefficient (Wildman–Crippen LogP) is 2.14. The number of likely N-dealkylation sites (N-methyl/N-ethyl adjacent to an activating group) is 2. The van der Waals surface area contributed by atoms with E-state index in [0.717, 1.165) is 18.1 Å². The molecule has 4 nitrogen and oxygen atoms in total. The lowest BCUT2D eigenvalue weighted by Crippen LogP contribution is -2.56.